The Morgan fingerprint density at radius 3 is 1.75 bits per heavy atom. The molecule has 0 heterocycles. The molecule has 0 amide bonds. The van der Waals surface area contributed by atoms with Crippen molar-refractivity contribution in [2.45, 2.75) is 17.6 Å². The summed E-state index contributed by atoms with van der Waals surface area (Å²) in [5.41, 5.74) is 0. The summed E-state index contributed by atoms with van der Waals surface area (Å²) in [5.74, 6) is 0. The quantitative estimate of drug-likeness (QED) is 0.368. The predicted octanol–water partition coefficient (Wildman–Crippen LogP) is 1.86. The van der Waals surface area contributed by atoms with E-state index >= 15 is 0 Å². The van der Waals surface area contributed by atoms with E-state index in [9.17, 15) is 0 Å². The van der Waals surface area contributed by atoms with Crippen molar-refractivity contribution < 1.29 is 0 Å². The summed E-state index contributed by atoms with van der Waals surface area (Å²) in [6, 6.07) is 0. The maximum absolute atomic E-state index is 5.96. The summed E-state index contributed by atoms with van der Waals surface area (Å²) >= 11 is 17.0. The molecule has 0 spiro atoms. The average Bonchev–Trinajstić information content (AvgIpc) is 1.21. The molecule has 0 rings (SSSR count). The minimum atomic E-state index is -1.37. The smallest absolute Gasteiger partial charge is 0.137 e. The van der Waals surface area contributed by atoms with Crippen molar-refractivity contribution in [3.63, 3.8) is 0 Å². The van der Waals surface area contributed by atoms with Gasteiger partial charge in [-0.3, -0.25) is 0 Å². The van der Waals surface area contributed by atoms with Crippen LogP contribution in [0.4, 0.5) is 0 Å². The maximum Gasteiger partial charge on any atom is 0.137 e. The number of hydrogen-bond acceptors (Lipinski definition) is 0. The summed E-state index contributed by atoms with van der Waals surface area (Å²) < 4.78 is -0.144. The highest BCUT2D eigenvalue weighted by Gasteiger charge is 2.20. The molecule has 0 bridgehead atoms. The molecular weight excluding hydrogens is 199 g/mol. The predicted molar refractivity (Wildman–Crippen MR) is 47.4 cm³/mol. The number of halogens is 3. The SMILES string of the molecule is C[Si](C)(Cl)[SiH2]C(Cl)Cl. The van der Waals surface area contributed by atoms with E-state index in [1.165, 1.54) is 0 Å². The second-order valence-corrected chi connectivity index (χ2v) is 20.2. The molecule has 5 heteroatoms. The molecule has 0 fully saturated rings. The Labute approximate surface area is 67.8 Å². The summed E-state index contributed by atoms with van der Waals surface area (Å²) in [4.78, 5) is 0. The lowest BCUT2D eigenvalue weighted by atomic mass is 11.9. The van der Waals surface area contributed by atoms with Crippen LogP contribution in [0.5, 0.6) is 0 Å². The molecule has 0 saturated heterocycles. The Bertz CT molecular complexity index is 67.4. The molecule has 0 atom stereocenters. The van der Waals surface area contributed by atoms with E-state index in [4.69, 9.17) is 34.3 Å². The molecule has 0 aromatic carbocycles. The van der Waals surface area contributed by atoms with Crippen molar-refractivity contribution in [3.05, 3.63) is 0 Å². The van der Waals surface area contributed by atoms with Crippen LogP contribution in [-0.2, 0) is 0 Å². The third-order valence-corrected chi connectivity index (χ3v) is 9.92. The monoisotopic (exact) mass is 206 g/mol. The van der Waals surface area contributed by atoms with Crippen molar-refractivity contribution in [3.8, 4) is 0 Å². The fraction of sp³-hybridized carbons (Fsp3) is 1.00. The lowest BCUT2D eigenvalue weighted by Gasteiger charge is -2.10. The van der Waals surface area contributed by atoms with Crippen LogP contribution in [-0.4, -0.2) is 20.4 Å². The number of rotatable bonds is 2. The molecule has 0 aliphatic carbocycles. The Hall–Kier alpha value is 1.30. The Morgan fingerprint density at radius 1 is 1.38 bits per heavy atom. The largest absolute Gasteiger partial charge is 0.172 e. The molecule has 0 aliphatic heterocycles. The first-order valence-electron chi connectivity index (χ1n) is 2.39. The van der Waals surface area contributed by atoms with Gasteiger partial charge in [0.1, 0.15) is 6.90 Å². The van der Waals surface area contributed by atoms with Gasteiger partial charge >= 0.3 is 0 Å². The van der Waals surface area contributed by atoms with Crippen LogP contribution in [0.2, 0.25) is 13.1 Å². The van der Waals surface area contributed by atoms with Crippen LogP contribution in [0, 0.1) is 0 Å². The van der Waals surface area contributed by atoms with Gasteiger partial charge in [0.15, 0.2) is 0 Å². The van der Waals surface area contributed by atoms with Crippen molar-refractivity contribution in [2.24, 2.45) is 0 Å². The van der Waals surface area contributed by atoms with Crippen LogP contribution >= 0.6 is 34.3 Å². The van der Waals surface area contributed by atoms with Crippen molar-refractivity contribution in [1.29, 1.82) is 0 Å². The van der Waals surface area contributed by atoms with E-state index in [0.717, 1.165) is 0 Å². The molecule has 0 unspecified atom stereocenters. The molecule has 50 valence electrons. The molecule has 0 saturated carbocycles. The lowest BCUT2D eigenvalue weighted by Crippen LogP contribution is -2.31. The van der Waals surface area contributed by atoms with Gasteiger partial charge in [-0.05, 0) is 0 Å². The Kier molecular flexibility index (Phi) is 4.03. The van der Waals surface area contributed by atoms with E-state index in [-0.39, 0.29) is 13.5 Å². The zero-order valence-corrected chi connectivity index (χ0v) is 9.60. The van der Waals surface area contributed by atoms with E-state index in [1.807, 2.05) is 0 Å². The van der Waals surface area contributed by atoms with Crippen molar-refractivity contribution >= 4 is 50.2 Å². The molecule has 8 heavy (non-hydrogen) atoms. The standard InChI is InChI=1S/C3H9Cl3Si2/c1-8(2,6)7-3(4)5/h3H,7H2,1-2H3. The lowest BCUT2D eigenvalue weighted by molar-refractivity contribution is 1.89. The topological polar surface area (TPSA) is 0 Å². The molecule has 0 aromatic heterocycles. The zero-order chi connectivity index (χ0) is 6.78. The van der Waals surface area contributed by atoms with Gasteiger partial charge < -0.3 is 0 Å². The molecule has 0 aliphatic rings. The summed E-state index contributed by atoms with van der Waals surface area (Å²) in [6.07, 6.45) is 0. The van der Waals surface area contributed by atoms with Crippen LogP contribution in [0.15, 0.2) is 0 Å². The third kappa shape index (κ3) is 7.30. The second kappa shape index (κ2) is 3.47. The summed E-state index contributed by atoms with van der Waals surface area (Å²) in [6.45, 7) is 2.79. The van der Waals surface area contributed by atoms with Crippen molar-refractivity contribution in [2.75, 3.05) is 0 Å². The maximum atomic E-state index is 5.96. The van der Waals surface area contributed by atoms with E-state index in [0.29, 0.717) is 0 Å². The molecule has 0 nitrogen and oxygen atoms in total. The normalized spacial score (nSPS) is 14.2. The van der Waals surface area contributed by atoms with Crippen LogP contribution in [0.3, 0.4) is 0 Å². The van der Waals surface area contributed by atoms with Gasteiger partial charge in [0, 0.05) is 0 Å². The average molecular weight is 208 g/mol. The molecule has 0 aromatic rings. The van der Waals surface area contributed by atoms with Gasteiger partial charge in [-0.25, -0.2) is 0 Å². The van der Waals surface area contributed by atoms with Gasteiger partial charge in [-0.2, -0.15) is 11.1 Å². The molecule has 0 N–H and O–H groups in total. The van der Waals surface area contributed by atoms with Gasteiger partial charge in [0.05, 0.1) is 13.5 Å². The zero-order valence-electron chi connectivity index (χ0n) is 4.92. The summed E-state index contributed by atoms with van der Waals surface area (Å²) in [5, 5.41) is 0. The van der Waals surface area contributed by atoms with Gasteiger partial charge in [0.25, 0.3) is 0 Å². The Morgan fingerprint density at radius 2 is 1.75 bits per heavy atom. The van der Waals surface area contributed by atoms with Crippen LogP contribution in [0.25, 0.3) is 0 Å². The first-order chi connectivity index (χ1) is 3.42. The fourth-order valence-corrected chi connectivity index (χ4v) is 13.1. The highest BCUT2D eigenvalue weighted by atomic mass is 35.6. The van der Waals surface area contributed by atoms with Crippen LogP contribution < -0.4 is 0 Å². The molecule has 0 radical (unpaired) electrons. The van der Waals surface area contributed by atoms with Gasteiger partial charge in [-0.1, -0.05) is 13.1 Å². The Balaban J connectivity index is 3.39. The highest BCUT2D eigenvalue weighted by molar-refractivity contribution is 7.48. The van der Waals surface area contributed by atoms with E-state index in [2.05, 4.69) is 13.1 Å². The number of hydrogen-bond donors (Lipinski definition) is 0. The van der Waals surface area contributed by atoms with E-state index in [1.54, 1.807) is 0 Å². The second-order valence-electron chi connectivity index (χ2n) is 2.31. The fourth-order valence-electron chi connectivity index (χ4n) is 0.367. The van der Waals surface area contributed by atoms with E-state index < -0.39 is 6.90 Å². The third-order valence-electron chi connectivity index (χ3n) is 0.640. The van der Waals surface area contributed by atoms with Gasteiger partial charge in [-0.15, -0.1) is 23.2 Å². The van der Waals surface area contributed by atoms with Gasteiger partial charge in [0.2, 0.25) is 0 Å². The first-order valence-corrected chi connectivity index (χ1v) is 10.4. The minimum absolute atomic E-state index is 0.144. The van der Waals surface area contributed by atoms with Crippen molar-refractivity contribution in [1.82, 2.24) is 0 Å². The highest BCUT2D eigenvalue weighted by Crippen LogP contribution is 2.11. The first kappa shape index (κ1) is 9.30. The summed E-state index contributed by atoms with van der Waals surface area (Å²) in [7, 11) is -0.380. The molecular formula is C3H9Cl3Si2. The van der Waals surface area contributed by atoms with Crippen LogP contribution in [0.1, 0.15) is 0 Å². The number of alkyl halides is 2. The minimum Gasteiger partial charge on any atom is -0.172 e.